The lowest BCUT2D eigenvalue weighted by atomic mass is 10.1. The van der Waals surface area contributed by atoms with Crippen LogP contribution in [-0.4, -0.2) is 16.7 Å². The van der Waals surface area contributed by atoms with E-state index in [4.69, 9.17) is 4.42 Å². The van der Waals surface area contributed by atoms with Crippen LogP contribution in [0.2, 0.25) is 0 Å². The Kier molecular flexibility index (Phi) is 5.73. The standard InChI is InChI=1S/C21H19N3O5/c1-13(2)20(25)22-14-6-5-7-15(12-14)23-21(26)19-11-10-18(29-19)16-8-3-4-9-17(16)24(27)28/h3-13H,1-2H3,(H,22,25)(H,23,26). The number of rotatable bonds is 6. The molecule has 0 aliphatic heterocycles. The average Bonchev–Trinajstić information content (AvgIpc) is 3.18. The monoisotopic (exact) mass is 393 g/mol. The average molecular weight is 393 g/mol. The fourth-order valence-electron chi connectivity index (χ4n) is 2.60. The summed E-state index contributed by atoms with van der Waals surface area (Å²) in [6, 6.07) is 15.8. The summed E-state index contributed by atoms with van der Waals surface area (Å²) in [5, 5.41) is 16.6. The molecule has 2 aromatic carbocycles. The molecule has 3 rings (SSSR count). The Morgan fingerprint density at radius 2 is 1.66 bits per heavy atom. The van der Waals surface area contributed by atoms with Crippen LogP contribution in [0.25, 0.3) is 11.3 Å². The molecule has 2 amide bonds. The number of para-hydroxylation sites is 1. The Labute approximate surface area is 166 Å². The van der Waals surface area contributed by atoms with Crippen molar-refractivity contribution in [3.63, 3.8) is 0 Å². The number of nitrogens with zero attached hydrogens (tertiary/aromatic N) is 1. The lowest BCUT2D eigenvalue weighted by Crippen LogP contribution is -2.18. The van der Waals surface area contributed by atoms with E-state index >= 15 is 0 Å². The third-order valence-corrected chi connectivity index (χ3v) is 4.11. The summed E-state index contributed by atoms with van der Waals surface area (Å²) in [7, 11) is 0. The van der Waals surface area contributed by atoms with E-state index in [1.165, 1.54) is 18.2 Å². The van der Waals surface area contributed by atoms with E-state index in [1.54, 1.807) is 56.3 Å². The molecule has 148 valence electrons. The first-order valence-electron chi connectivity index (χ1n) is 8.91. The van der Waals surface area contributed by atoms with Crippen molar-refractivity contribution in [2.75, 3.05) is 10.6 Å². The number of carbonyl (C=O) groups excluding carboxylic acids is 2. The minimum Gasteiger partial charge on any atom is -0.451 e. The number of hydrogen-bond acceptors (Lipinski definition) is 5. The van der Waals surface area contributed by atoms with Gasteiger partial charge in [0.25, 0.3) is 11.6 Å². The molecule has 29 heavy (non-hydrogen) atoms. The van der Waals surface area contributed by atoms with Gasteiger partial charge in [-0.05, 0) is 36.4 Å². The molecule has 0 fully saturated rings. The van der Waals surface area contributed by atoms with Crippen LogP contribution in [0.4, 0.5) is 17.1 Å². The van der Waals surface area contributed by atoms with Crippen molar-refractivity contribution >= 4 is 28.9 Å². The summed E-state index contributed by atoms with van der Waals surface area (Å²) in [5.74, 6) is -0.581. The van der Waals surface area contributed by atoms with E-state index < -0.39 is 10.8 Å². The maximum atomic E-state index is 12.5. The number of furan rings is 1. The lowest BCUT2D eigenvalue weighted by molar-refractivity contribution is -0.384. The van der Waals surface area contributed by atoms with Crippen molar-refractivity contribution in [2.45, 2.75) is 13.8 Å². The quantitative estimate of drug-likeness (QED) is 0.465. The maximum Gasteiger partial charge on any atom is 0.291 e. The summed E-state index contributed by atoms with van der Waals surface area (Å²) in [6.45, 7) is 3.57. The molecule has 0 saturated carbocycles. The van der Waals surface area contributed by atoms with Gasteiger partial charge in [0, 0.05) is 23.4 Å². The molecular formula is C21H19N3O5. The SMILES string of the molecule is CC(C)C(=O)Nc1cccc(NC(=O)c2ccc(-c3ccccc3[N+](=O)[O-])o2)c1. The molecule has 0 spiro atoms. The zero-order valence-corrected chi connectivity index (χ0v) is 15.8. The van der Waals surface area contributed by atoms with Gasteiger partial charge in [-0.3, -0.25) is 19.7 Å². The molecule has 1 heterocycles. The number of nitrogens with one attached hydrogen (secondary N) is 2. The Bertz CT molecular complexity index is 1070. The van der Waals surface area contributed by atoms with Crippen LogP contribution < -0.4 is 10.6 Å². The Morgan fingerprint density at radius 1 is 0.966 bits per heavy atom. The molecule has 0 bridgehead atoms. The van der Waals surface area contributed by atoms with Gasteiger partial charge in [0.15, 0.2) is 5.76 Å². The number of benzene rings is 2. The Morgan fingerprint density at radius 3 is 2.34 bits per heavy atom. The summed E-state index contributed by atoms with van der Waals surface area (Å²) in [4.78, 5) is 35.0. The van der Waals surface area contributed by atoms with Gasteiger partial charge in [0.05, 0.1) is 10.5 Å². The van der Waals surface area contributed by atoms with Gasteiger partial charge >= 0.3 is 0 Å². The normalized spacial score (nSPS) is 10.6. The van der Waals surface area contributed by atoms with Crippen LogP contribution in [-0.2, 0) is 4.79 Å². The van der Waals surface area contributed by atoms with Gasteiger partial charge in [0.1, 0.15) is 5.76 Å². The van der Waals surface area contributed by atoms with Crippen LogP contribution in [0.1, 0.15) is 24.4 Å². The molecule has 0 unspecified atom stereocenters. The first kappa shape index (κ1) is 19.8. The number of amides is 2. The number of anilines is 2. The summed E-state index contributed by atoms with van der Waals surface area (Å²) < 4.78 is 5.53. The van der Waals surface area contributed by atoms with E-state index in [9.17, 15) is 19.7 Å². The largest absolute Gasteiger partial charge is 0.451 e. The zero-order valence-electron chi connectivity index (χ0n) is 15.8. The maximum absolute atomic E-state index is 12.5. The van der Waals surface area contributed by atoms with Gasteiger partial charge in [0.2, 0.25) is 5.91 Å². The number of nitro groups is 1. The molecule has 8 nitrogen and oxygen atoms in total. The molecule has 8 heteroatoms. The van der Waals surface area contributed by atoms with Gasteiger partial charge < -0.3 is 15.1 Å². The third-order valence-electron chi connectivity index (χ3n) is 4.11. The predicted molar refractivity (Wildman–Crippen MR) is 109 cm³/mol. The van der Waals surface area contributed by atoms with E-state index in [-0.39, 0.29) is 34.6 Å². The summed E-state index contributed by atoms with van der Waals surface area (Å²) in [5.41, 5.74) is 1.21. The van der Waals surface area contributed by atoms with Crippen molar-refractivity contribution in [3.8, 4) is 11.3 Å². The summed E-state index contributed by atoms with van der Waals surface area (Å²) in [6.07, 6.45) is 0. The van der Waals surface area contributed by atoms with Crippen molar-refractivity contribution in [1.29, 1.82) is 0 Å². The second kappa shape index (κ2) is 8.39. The minimum atomic E-state index is -0.512. The predicted octanol–water partition coefficient (Wildman–Crippen LogP) is 4.70. The van der Waals surface area contributed by atoms with Crippen molar-refractivity contribution < 1.29 is 18.9 Å². The van der Waals surface area contributed by atoms with E-state index in [0.29, 0.717) is 11.4 Å². The number of hydrogen-bond donors (Lipinski definition) is 2. The third kappa shape index (κ3) is 4.67. The van der Waals surface area contributed by atoms with Crippen LogP contribution in [0.3, 0.4) is 0 Å². The van der Waals surface area contributed by atoms with Crippen LogP contribution >= 0.6 is 0 Å². The molecule has 0 aliphatic carbocycles. The van der Waals surface area contributed by atoms with E-state index in [1.807, 2.05) is 0 Å². The highest BCUT2D eigenvalue weighted by Gasteiger charge is 2.19. The van der Waals surface area contributed by atoms with E-state index in [2.05, 4.69) is 10.6 Å². The molecule has 3 aromatic rings. The molecule has 0 saturated heterocycles. The first-order chi connectivity index (χ1) is 13.8. The van der Waals surface area contributed by atoms with Crippen molar-refractivity contribution in [2.24, 2.45) is 5.92 Å². The molecule has 1 aromatic heterocycles. The molecule has 0 atom stereocenters. The highest BCUT2D eigenvalue weighted by atomic mass is 16.6. The molecular weight excluding hydrogens is 374 g/mol. The second-order valence-corrected chi connectivity index (χ2v) is 6.62. The number of nitro benzene ring substituents is 1. The van der Waals surface area contributed by atoms with Crippen molar-refractivity contribution in [1.82, 2.24) is 0 Å². The topological polar surface area (TPSA) is 114 Å². The zero-order chi connectivity index (χ0) is 21.0. The Balaban J connectivity index is 1.76. The molecule has 2 N–H and O–H groups in total. The fourth-order valence-corrected chi connectivity index (χ4v) is 2.60. The lowest BCUT2D eigenvalue weighted by Gasteiger charge is -2.09. The smallest absolute Gasteiger partial charge is 0.291 e. The van der Waals surface area contributed by atoms with Crippen LogP contribution in [0.5, 0.6) is 0 Å². The number of carbonyl (C=O) groups is 2. The Hall–Kier alpha value is -3.94. The summed E-state index contributed by atoms with van der Waals surface area (Å²) >= 11 is 0. The highest BCUT2D eigenvalue weighted by Crippen LogP contribution is 2.31. The van der Waals surface area contributed by atoms with Gasteiger partial charge in [-0.2, -0.15) is 0 Å². The highest BCUT2D eigenvalue weighted by molar-refractivity contribution is 6.03. The van der Waals surface area contributed by atoms with Gasteiger partial charge in [-0.15, -0.1) is 0 Å². The van der Waals surface area contributed by atoms with Crippen LogP contribution in [0.15, 0.2) is 65.1 Å². The van der Waals surface area contributed by atoms with Gasteiger partial charge in [-0.25, -0.2) is 0 Å². The van der Waals surface area contributed by atoms with Crippen LogP contribution in [0, 0.1) is 16.0 Å². The first-order valence-corrected chi connectivity index (χ1v) is 8.91. The van der Waals surface area contributed by atoms with Gasteiger partial charge in [-0.1, -0.05) is 32.0 Å². The second-order valence-electron chi connectivity index (χ2n) is 6.62. The molecule has 0 aliphatic rings. The fraction of sp³-hybridized carbons (Fsp3) is 0.143. The van der Waals surface area contributed by atoms with Crippen molar-refractivity contribution in [3.05, 3.63) is 76.5 Å². The molecule has 0 radical (unpaired) electrons. The minimum absolute atomic E-state index is 0.00905. The van der Waals surface area contributed by atoms with E-state index in [0.717, 1.165) is 0 Å².